The first-order valence-corrected chi connectivity index (χ1v) is 4.38. The van der Waals surface area contributed by atoms with E-state index < -0.39 is 0 Å². The van der Waals surface area contributed by atoms with E-state index in [4.69, 9.17) is 5.73 Å². The van der Waals surface area contributed by atoms with Crippen LogP contribution in [0.3, 0.4) is 0 Å². The van der Waals surface area contributed by atoms with Crippen molar-refractivity contribution in [1.29, 1.82) is 0 Å². The highest BCUT2D eigenvalue weighted by atomic mass is 16.3. The summed E-state index contributed by atoms with van der Waals surface area (Å²) in [5.74, 6) is -0.464. The van der Waals surface area contributed by atoms with Gasteiger partial charge in [-0.15, -0.1) is 0 Å². The molecule has 4 N–H and O–H groups in total. The average molecular weight is 195 g/mol. The van der Waals surface area contributed by atoms with E-state index >= 15 is 0 Å². The maximum atomic E-state index is 11.3. The number of carbonyl (C=O) groups is 1. The summed E-state index contributed by atoms with van der Waals surface area (Å²) in [6, 6.07) is 2.76. The highest BCUT2D eigenvalue weighted by Gasteiger charge is 2.14. The Labute approximate surface area is 82.0 Å². The van der Waals surface area contributed by atoms with E-state index in [1.807, 2.05) is 0 Å². The van der Waals surface area contributed by atoms with Gasteiger partial charge in [0.1, 0.15) is 11.5 Å². The summed E-state index contributed by atoms with van der Waals surface area (Å²) >= 11 is 0. The molecule has 76 valence electrons. The molecule has 0 saturated carbocycles. The number of carbonyl (C=O) groups excluding carboxylic acids is 1. The molecular formula is C10H13NO3. The Morgan fingerprint density at radius 3 is 2.57 bits per heavy atom. The summed E-state index contributed by atoms with van der Waals surface area (Å²) in [4.78, 5) is 11.3. The third-order valence-electron chi connectivity index (χ3n) is 2.08. The zero-order chi connectivity index (χ0) is 10.7. The monoisotopic (exact) mass is 195 g/mol. The van der Waals surface area contributed by atoms with E-state index in [0.717, 1.165) is 0 Å². The van der Waals surface area contributed by atoms with Gasteiger partial charge in [-0.05, 0) is 12.1 Å². The predicted molar refractivity (Wildman–Crippen MR) is 52.3 cm³/mol. The second-order valence-electron chi connectivity index (χ2n) is 2.94. The van der Waals surface area contributed by atoms with Gasteiger partial charge in [-0.2, -0.15) is 0 Å². The first-order chi connectivity index (χ1) is 6.61. The maximum Gasteiger partial charge on any atom is 0.166 e. The van der Waals surface area contributed by atoms with Crippen LogP contribution in [-0.4, -0.2) is 16.0 Å². The molecule has 1 aromatic rings. The molecule has 4 nitrogen and oxygen atoms in total. The fourth-order valence-corrected chi connectivity index (χ4v) is 1.24. The number of phenolic OH excluding ortho intramolecular Hbond substituents is 2. The number of ketones is 1. The maximum absolute atomic E-state index is 11.3. The number of phenols is 2. The van der Waals surface area contributed by atoms with Crippen LogP contribution < -0.4 is 5.73 Å². The van der Waals surface area contributed by atoms with Crippen molar-refractivity contribution in [2.75, 3.05) is 0 Å². The number of nitrogens with two attached hydrogens (primary N) is 1. The lowest BCUT2D eigenvalue weighted by Gasteiger charge is -2.08. The lowest BCUT2D eigenvalue weighted by molar-refractivity contribution is 0.0985. The van der Waals surface area contributed by atoms with Crippen molar-refractivity contribution in [1.82, 2.24) is 0 Å². The fourth-order valence-electron chi connectivity index (χ4n) is 1.24. The Kier molecular flexibility index (Phi) is 3.09. The van der Waals surface area contributed by atoms with Crippen molar-refractivity contribution >= 4 is 5.78 Å². The first kappa shape index (κ1) is 10.5. The molecule has 1 aromatic carbocycles. The summed E-state index contributed by atoms with van der Waals surface area (Å²) in [7, 11) is 0. The van der Waals surface area contributed by atoms with Gasteiger partial charge >= 0.3 is 0 Å². The van der Waals surface area contributed by atoms with E-state index in [1.165, 1.54) is 12.1 Å². The summed E-state index contributed by atoms with van der Waals surface area (Å²) in [6.07, 6.45) is 0.308. The Balaban J connectivity index is 3.28. The van der Waals surface area contributed by atoms with Gasteiger partial charge in [-0.3, -0.25) is 4.79 Å². The second kappa shape index (κ2) is 4.11. The Hall–Kier alpha value is -1.55. The molecule has 4 heteroatoms. The molecule has 0 spiro atoms. The third-order valence-corrected chi connectivity index (χ3v) is 2.08. The van der Waals surface area contributed by atoms with Gasteiger partial charge in [0.2, 0.25) is 0 Å². The van der Waals surface area contributed by atoms with Crippen molar-refractivity contribution < 1.29 is 15.0 Å². The molecule has 0 atom stereocenters. The summed E-state index contributed by atoms with van der Waals surface area (Å²) in [5.41, 5.74) is 5.76. The van der Waals surface area contributed by atoms with Crippen LogP contribution in [0.1, 0.15) is 29.3 Å². The molecule has 1 rings (SSSR count). The summed E-state index contributed by atoms with van der Waals surface area (Å²) in [6.45, 7) is 1.71. The smallest absolute Gasteiger partial charge is 0.166 e. The van der Waals surface area contributed by atoms with Crippen molar-refractivity contribution in [3.05, 3.63) is 23.3 Å². The Morgan fingerprint density at radius 1 is 1.43 bits per heavy atom. The second-order valence-corrected chi connectivity index (χ2v) is 2.94. The van der Waals surface area contributed by atoms with Crippen LogP contribution in [0.15, 0.2) is 12.1 Å². The summed E-state index contributed by atoms with van der Waals surface area (Å²) in [5, 5.41) is 18.9. The SMILES string of the molecule is CCC(=O)c1ccc(O)c(CN)c1O. The third kappa shape index (κ3) is 1.70. The number of rotatable bonds is 3. The molecule has 0 aliphatic rings. The van der Waals surface area contributed by atoms with Gasteiger partial charge in [0.05, 0.1) is 5.56 Å². The van der Waals surface area contributed by atoms with Crippen molar-refractivity contribution in [2.24, 2.45) is 5.73 Å². The average Bonchev–Trinajstić information content (AvgIpc) is 2.18. The van der Waals surface area contributed by atoms with E-state index in [1.54, 1.807) is 6.92 Å². The van der Waals surface area contributed by atoms with Crippen molar-refractivity contribution in [2.45, 2.75) is 19.9 Å². The predicted octanol–water partition coefficient (Wildman–Crippen LogP) is 1.15. The summed E-state index contributed by atoms with van der Waals surface area (Å²) < 4.78 is 0. The zero-order valence-corrected chi connectivity index (χ0v) is 7.95. The van der Waals surface area contributed by atoms with Gasteiger partial charge in [0, 0.05) is 18.5 Å². The molecule has 0 saturated heterocycles. The van der Waals surface area contributed by atoms with Gasteiger partial charge in [0.25, 0.3) is 0 Å². The largest absolute Gasteiger partial charge is 0.507 e. The van der Waals surface area contributed by atoms with Crippen LogP contribution >= 0.6 is 0 Å². The molecule has 0 amide bonds. The van der Waals surface area contributed by atoms with Crippen LogP contribution in [-0.2, 0) is 6.54 Å². The standard InChI is InChI=1S/C10H13NO3/c1-2-8(12)6-3-4-9(13)7(5-11)10(6)14/h3-4,13-14H,2,5,11H2,1H3. The van der Waals surface area contributed by atoms with E-state index in [2.05, 4.69) is 0 Å². The molecule has 0 bridgehead atoms. The zero-order valence-electron chi connectivity index (χ0n) is 7.95. The molecular weight excluding hydrogens is 182 g/mol. The van der Waals surface area contributed by atoms with Crippen LogP contribution in [0.5, 0.6) is 11.5 Å². The normalized spacial score (nSPS) is 10.1. The quantitative estimate of drug-likeness (QED) is 0.632. The molecule has 14 heavy (non-hydrogen) atoms. The highest BCUT2D eigenvalue weighted by Crippen LogP contribution is 2.30. The fraction of sp³-hybridized carbons (Fsp3) is 0.300. The number of benzene rings is 1. The van der Waals surface area contributed by atoms with Crippen LogP contribution in [0.2, 0.25) is 0 Å². The number of hydrogen-bond donors (Lipinski definition) is 3. The number of Topliss-reactive ketones (excluding diaryl/α,β-unsaturated/α-hetero) is 1. The Bertz CT molecular complexity index is 361. The van der Waals surface area contributed by atoms with Crippen LogP contribution in [0.25, 0.3) is 0 Å². The van der Waals surface area contributed by atoms with Gasteiger partial charge in [-0.25, -0.2) is 0 Å². The first-order valence-electron chi connectivity index (χ1n) is 4.38. The van der Waals surface area contributed by atoms with Gasteiger partial charge in [0.15, 0.2) is 5.78 Å². The molecule has 0 fully saturated rings. The number of hydrogen-bond acceptors (Lipinski definition) is 4. The minimum Gasteiger partial charge on any atom is -0.507 e. The minimum atomic E-state index is -0.209. The van der Waals surface area contributed by atoms with E-state index in [9.17, 15) is 15.0 Å². The topological polar surface area (TPSA) is 83.5 Å². The van der Waals surface area contributed by atoms with E-state index in [-0.39, 0.29) is 35.0 Å². The molecule has 0 radical (unpaired) electrons. The van der Waals surface area contributed by atoms with Gasteiger partial charge < -0.3 is 15.9 Å². The highest BCUT2D eigenvalue weighted by molar-refractivity contribution is 5.99. The Morgan fingerprint density at radius 2 is 2.07 bits per heavy atom. The van der Waals surface area contributed by atoms with E-state index in [0.29, 0.717) is 6.42 Å². The molecule has 0 unspecified atom stereocenters. The lowest BCUT2D eigenvalue weighted by Crippen LogP contribution is -2.03. The van der Waals surface area contributed by atoms with Crippen molar-refractivity contribution in [3.8, 4) is 11.5 Å². The number of aromatic hydroxyl groups is 2. The lowest BCUT2D eigenvalue weighted by atomic mass is 10.0. The molecule has 0 heterocycles. The molecule has 0 aliphatic heterocycles. The van der Waals surface area contributed by atoms with Gasteiger partial charge in [-0.1, -0.05) is 6.92 Å². The minimum absolute atomic E-state index is 0.00248. The van der Waals surface area contributed by atoms with Crippen LogP contribution in [0, 0.1) is 0 Å². The molecule has 0 aromatic heterocycles. The van der Waals surface area contributed by atoms with Crippen molar-refractivity contribution in [3.63, 3.8) is 0 Å². The van der Waals surface area contributed by atoms with Crippen LogP contribution in [0.4, 0.5) is 0 Å². The molecule has 0 aliphatic carbocycles.